The van der Waals surface area contributed by atoms with Crippen LogP contribution < -0.4 is 4.74 Å². The van der Waals surface area contributed by atoms with Crippen molar-refractivity contribution in [3.8, 4) is 23.2 Å². The number of hydrogen-bond donors (Lipinski definition) is 0. The lowest BCUT2D eigenvalue weighted by Gasteiger charge is -2.10. The number of nitrogens with zero attached hydrogens (tertiary/aromatic N) is 2. The van der Waals surface area contributed by atoms with Crippen LogP contribution in [0.5, 0.6) is 5.88 Å². The fourth-order valence-electron chi connectivity index (χ4n) is 2.68. The first-order valence-corrected chi connectivity index (χ1v) is 8.74. The van der Waals surface area contributed by atoms with Gasteiger partial charge in [-0.05, 0) is 30.3 Å². The molecule has 0 aliphatic carbocycles. The lowest BCUT2D eigenvalue weighted by Crippen LogP contribution is -2.08. The predicted molar refractivity (Wildman–Crippen MR) is 101 cm³/mol. The van der Waals surface area contributed by atoms with E-state index in [2.05, 4.69) is 9.72 Å². The van der Waals surface area contributed by atoms with Gasteiger partial charge in [-0.1, -0.05) is 12.1 Å². The van der Waals surface area contributed by atoms with Gasteiger partial charge in [0.25, 0.3) is 0 Å². The Bertz CT molecular complexity index is 1120. The first kappa shape index (κ1) is 20.9. The second-order valence-electron chi connectivity index (χ2n) is 6.24. The molecule has 5 nitrogen and oxygen atoms in total. The van der Waals surface area contributed by atoms with E-state index in [1.54, 1.807) is 6.07 Å². The van der Waals surface area contributed by atoms with Crippen LogP contribution in [0.15, 0.2) is 48.5 Å². The molecule has 3 rings (SSSR count). The van der Waals surface area contributed by atoms with Crippen LogP contribution >= 0.6 is 0 Å². The summed E-state index contributed by atoms with van der Waals surface area (Å²) in [7, 11) is 1.13. The molecule has 3 aromatic rings. The highest BCUT2D eigenvalue weighted by Crippen LogP contribution is 2.25. The Balaban J connectivity index is 1.80. The van der Waals surface area contributed by atoms with Gasteiger partial charge < -0.3 is 9.47 Å². The largest absolute Gasteiger partial charge is 0.473 e. The summed E-state index contributed by atoms with van der Waals surface area (Å²) < 4.78 is 52.5. The zero-order valence-corrected chi connectivity index (χ0v) is 15.8. The molecule has 8 heteroatoms. The monoisotopic (exact) mass is 412 g/mol. The molecular weight excluding hydrogens is 397 g/mol. The molecule has 0 atom stereocenters. The number of esters is 1. The van der Waals surface area contributed by atoms with E-state index in [1.165, 1.54) is 24.3 Å². The standard InChI is InChI=1S/C22H15F3N2O3/c1-29-22(28)10-16-18(24)8-15(9-19(16)25)20-3-2-4-21(27-20)30-12-14-6-5-13(11-26)7-17(14)23/h2-9H,10,12H2,1H3. The molecule has 0 radical (unpaired) electrons. The minimum Gasteiger partial charge on any atom is -0.473 e. The van der Waals surface area contributed by atoms with Gasteiger partial charge >= 0.3 is 5.97 Å². The molecule has 0 amide bonds. The summed E-state index contributed by atoms with van der Waals surface area (Å²) in [5, 5.41) is 8.78. The number of nitriles is 1. The zero-order valence-electron chi connectivity index (χ0n) is 15.8. The number of hydrogen-bond acceptors (Lipinski definition) is 5. The van der Waals surface area contributed by atoms with E-state index in [0.29, 0.717) is 0 Å². The maximum absolute atomic E-state index is 14.3. The van der Waals surface area contributed by atoms with Crippen molar-refractivity contribution in [1.82, 2.24) is 4.98 Å². The summed E-state index contributed by atoms with van der Waals surface area (Å²) in [5.41, 5.74) is 0.402. The van der Waals surface area contributed by atoms with Gasteiger partial charge in [-0.2, -0.15) is 5.26 Å². The molecule has 152 valence electrons. The number of aromatic nitrogens is 1. The van der Waals surface area contributed by atoms with E-state index in [0.717, 1.165) is 25.3 Å². The van der Waals surface area contributed by atoms with Crippen LogP contribution in [0.2, 0.25) is 0 Å². The van der Waals surface area contributed by atoms with Crippen molar-refractivity contribution in [1.29, 1.82) is 5.26 Å². The van der Waals surface area contributed by atoms with Gasteiger partial charge in [0.1, 0.15) is 24.1 Å². The number of ether oxygens (including phenoxy) is 2. The number of rotatable bonds is 6. The van der Waals surface area contributed by atoms with E-state index in [-0.39, 0.29) is 34.9 Å². The van der Waals surface area contributed by atoms with Crippen molar-refractivity contribution in [2.75, 3.05) is 7.11 Å². The van der Waals surface area contributed by atoms with E-state index in [9.17, 15) is 18.0 Å². The summed E-state index contributed by atoms with van der Waals surface area (Å²) in [4.78, 5) is 15.5. The molecule has 0 bridgehead atoms. The first-order chi connectivity index (χ1) is 14.4. The summed E-state index contributed by atoms with van der Waals surface area (Å²) in [6.45, 7) is -0.144. The van der Waals surface area contributed by atoms with Crippen molar-refractivity contribution in [3.05, 3.63) is 82.7 Å². The lowest BCUT2D eigenvalue weighted by molar-refractivity contribution is -0.139. The molecule has 0 unspecified atom stereocenters. The van der Waals surface area contributed by atoms with Gasteiger partial charge in [0.2, 0.25) is 5.88 Å². The molecular formula is C22H15F3N2O3. The average molecular weight is 412 g/mol. The number of halogens is 3. The highest BCUT2D eigenvalue weighted by atomic mass is 19.1. The van der Waals surface area contributed by atoms with Crippen LogP contribution in [0, 0.1) is 28.8 Å². The van der Waals surface area contributed by atoms with Crippen LogP contribution in [-0.4, -0.2) is 18.1 Å². The third kappa shape index (κ3) is 4.75. The third-order valence-electron chi connectivity index (χ3n) is 4.27. The van der Waals surface area contributed by atoms with Gasteiger partial charge in [-0.15, -0.1) is 0 Å². The topological polar surface area (TPSA) is 72.2 Å². The molecule has 0 aliphatic rings. The quantitative estimate of drug-likeness (QED) is 0.564. The average Bonchev–Trinajstić information content (AvgIpc) is 2.75. The van der Waals surface area contributed by atoms with Crippen LogP contribution in [0.3, 0.4) is 0 Å². The van der Waals surface area contributed by atoms with E-state index in [1.807, 2.05) is 6.07 Å². The highest BCUT2D eigenvalue weighted by Gasteiger charge is 2.16. The van der Waals surface area contributed by atoms with Gasteiger partial charge in [-0.25, -0.2) is 18.2 Å². The SMILES string of the molecule is COC(=O)Cc1c(F)cc(-c2cccc(OCc3ccc(C#N)cc3F)n2)cc1F. The van der Waals surface area contributed by atoms with Crippen LogP contribution in [-0.2, 0) is 22.6 Å². The Hall–Kier alpha value is -3.86. The van der Waals surface area contributed by atoms with Crippen molar-refractivity contribution in [2.45, 2.75) is 13.0 Å². The van der Waals surface area contributed by atoms with Gasteiger partial charge in [-0.3, -0.25) is 4.79 Å². The van der Waals surface area contributed by atoms with E-state index in [4.69, 9.17) is 10.00 Å². The lowest BCUT2D eigenvalue weighted by atomic mass is 10.0. The van der Waals surface area contributed by atoms with Gasteiger partial charge in [0.15, 0.2) is 0 Å². The van der Waals surface area contributed by atoms with Crippen molar-refractivity contribution in [3.63, 3.8) is 0 Å². The summed E-state index contributed by atoms with van der Waals surface area (Å²) >= 11 is 0. The molecule has 0 fully saturated rings. The van der Waals surface area contributed by atoms with Crippen molar-refractivity contribution in [2.24, 2.45) is 0 Å². The fraction of sp³-hybridized carbons (Fsp3) is 0.136. The second kappa shape index (κ2) is 9.09. The minimum atomic E-state index is -0.900. The fourth-order valence-corrected chi connectivity index (χ4v) is 2.68. The minimum absolute atomic E-state index is 0.121. The third-order valence-corrected chi connectivity index (χ3v) is 4.27. The molecule has 0 saturated carbocycles. The maximum atomic E-state index is 14.3. The van der Waals surface area contributed by atoms with Gasteiger partial charge in [0.05, 0.1) is 30.9 Å². The highest BCUT2D eigenvalue weighted by molar-refractivity contribution is 5.73. The number of methoxy groups -OCH3 is 1. The number of carbonyl (C=O) groups excluding carboxylic acids is 1. The van der Waals surface area contributed by atoms with Crippen molar-refractivity contribution >= 4 is 5.97 Å². The molecule has 0 saturated heterocycles. The summed E-state index contributed by atoms with van der Waals surface area (Å²) in [6.07, 6.45) is -0.527. The van der Waals surface area contributed by atoms with E-state index < -0.39 is 35.4 Å². The normalized spacial score (nSPS) is 10.4. The van der Waals surface area contributed by atoms with Crippen LogP contribution in [0.25, 0.3) is 11.3 Å². The Kier molecular flexibility index (Phi) is 6.32. The smallest absolute Gasteiger partial charge is 0.310 e. The molecule has 0 spiro atoms. The van der Waals surface area contributed by atoms with Crippen molar-refractivity contribution < 1.29 is 27.4 Å². The molecule has 2 aromatic carbocycles. The Morgan fingerprint density at radius 2 is 1.80 bits per heavy atom. The first-order valence-electron chi connectivity index (χ1n) is 8.74. The zero-order chi connectivity index (χ0) is 21.7. The van der Waals surface area contributed by atoms with Crippen LogP contribution in [0.4, 0.5) is 13.2 Å². The number of pyridine rings is 1. The Labute approximate surface area is 170 Å². The van der Waals surface area contributed by atoms with Crippen LogP contribution in [0.1, 0.15) is 16.7 Å². The molecule has 30 heavy (non-hydrogen) atoms. The number of benzene rings is 2. The second-order valence-corrected chi connectivity index (χ2v) is 6.24. The summed E-state index contributed by atoms with van der Waals surface area (Å²) in [5.74, 6) is -3.03. The molecule has 1 heterocycles. The molecule has 0 aliphatic heterocycles. The molecule has 0 N–H and O–H groups in total. The summed E-state index contributed by atoms with van der Waals surface area (Å²) in [6, 6.07) is 12.6. The molecule has 1 aromatic heterocycles. The van der Waals surface area contributed by atoms with Gasteiger partial charge in [0, 0.05) is 22.8 Å². The Morgan fingerprint density at radius 3 is 2.43 bits per heavy atom. The van der Waals surface area contributed by atoms with E-state index >= 15 is 0 Å². The number of carbonyl (C=O) groups is 1. The Morgan fingerprint density at radius 1 is 1.07 bits per heavy atom. The predicted octanol–water partition coefficient (Wildman–Crippen LogP) is 4.33. The maximum Gasteiger partial charge on any atom is 0.310 e.